The molecule has 1 aliphatic carbocycles. The smallest absolute Gasteiger partial charge is 0.184 e. The molecule has 158 valence electrons. The summed E-state index contributed by atoms with van der Waals surface area (Å²) in [6, 6.07) is 10.9. The van der Waals surface area contributed by atoms with Gasteiger partial charge in [-0.3, -0.25) is 0 Å². The molecule has 1 fully saturated rings. The molecule has 5 nitrogen and oxygen atoms in total. The van der Waals surface area contributed by atoms with Crippen molar-refractivity contribution in [3.63, 3.8) is 0 Å². The molecule has 2 aromatic carbocycles. The van der Waals surface area contributed by atoms with Crippen molar-refractivity contribution < 1.29 is 14.2 Å². The highest BCUT2D eigenvalue weighted by Gasteiger charge is 2.30. The Morgan fingerprint density at radius 3 is 2.40 bits per heavy atom. The van der Waals surface area contributed by atoms with Crippen LogP contribution >= 0.6 is 0 Å². The van der Waals surface area contributed by atoms with E-state index in [-0.39, 0.29) is 0 Å². The largest absolute Gasteiger partial charge is 0.497 e. The first kappa shape index (κ1) is 20.7. The lowest BCUT2D eigenvalue weighted by molar-refractivity contribution is -0.106. The van der Waals surface area contributed by atoms with E-state index in [1.807, 2.05) is 6.07 Å². The van der Waals surface area contributed by atoms with Gasteiger partial charge in [-0.15, -0.1) is 0 Å². The Labute approximate surface area is 179 Å². The minimum atomic E-state index is -0.573. The summed E-state index contributed by atoms with van der Waals surface area (Å²) in [6.07, 6.45) is 3.58. The van der Waals surface area contributed by atoms with Gasteiger partial charge in [-0.2, -0.15) is 5.26 Å². The van der Waals surface area contributed by atoms with Gasteiger partial charge >= 0.3 is 0 Å². The Hall–Kier alpha value is -2.55. The second-order valence-corrected chi connectivity index (χ2v) is 8.32. The third-order valence-electron chi connectivity index (χ3n) is 6.58. The van der Waals surface area contributed by atoms with Crippen LogP contribution in [0.25, 0.3) is 11.1 Å². The number of benzene rings is 2. The van der Waals surface area contributed by atoms with Gasteiger partial charge in [0, 0.05) is 32.9 Å². The summed E-state index contributed by atoms with van der Waals surface area (Å²) < 4.78 is 16.6. The first-order valence-electron chi connectivity index (χ1n) is 10.7. The molecule has 0 spiro atoms. The summed E-state index contributed by atoms with van der Waals surface area (Å²) in [6.45, 7) is 4.27. The molecule has 0 radical (unpaired) electrons. The zero-order valence-corrected chi connectivity index (χ0v) is 18.3. The van der Waals surface area contributed by atoms with E-state index in [0.29, 0.717) is 5.56 Å². The topological polar surface area (TPSA) is 54.7 Å². The van der Waals surface area contributed by atoms with Crippen LogP contribution < -0.4 is 9.64 Å². The molecule has 1 aliphatic heterocycles. The number of hydrogen-bond donors (Lipinski definition) is 0. The first-order valence-corrected chi connectivity index (χ1v) is 10.7. The molecule has 5 heteroatoms. The maximum Gasteiger partial charge on any atom is 0.184 e. The fraction of sp³-hybridized carbons (Fsp3) is 0.480. The van der Waals surface area contributed by atoms with Crippen molar-refractivity contribution in [2.45, 2.75) is 38.9 Å². The van der Waals surface area contributed by atoms with Gasteiger partial charge in [0.25, 0.3) is 0 Å². The molecule has 2 aliphatic rings. The second kappa shape index (κ2) is 8.67. The van der Waals surface area contributed by atoms with Gasteiger partial charge in [0.1, 0.15) is 11.8 Å². The molecule has 0 bridgehead atoms. The number of nitrogens with zero attached hydrogens (tertiary/aromatic N) is 2. The van der Waals surface area contributed by atoms with Crippen molar-refractivity contribution in [3.8, 4) is 22.9 Å². The number of aryl methyl sites for hydroxylation is 1. The SMILES string of the molecule is COc1ccc2c(c1)CCc1c-2cc(C(OC)OC)c(C#N)c1N1CCC(C)CC1. The van der Waals surface area contributed by atoms with Gasteiger partial charge in [-0.25, -0.2) is 0 Å². The van der Waals surface area contributed by atoms with Crippen LogP contribution in [0.3, 0.4) is 0 Å². The van der Waals surface area contributed by atoms with Gasteiger partial charge in [-0.05, 0) is 72.1 Å². The van der Waals surface area contributed by atoms with Crippen molar-refractivity contribution >= 4 is 5.69 Å². The van der Waals surface area contributed by atoms with Crippen molar-refractivity contribution in [1.82, 2.24) is 0 Å². The molecule has 0 N–H and O–H groups in total. The van der Waals surface area contributed by atoms with Crippen LogP contribution in [0.5, 0.6) is 5.75 Å². The number of methoxy groups -OCH3 is 3. The van der Waals surface area contributed by atoms with Crippen LogP contribution in [-0.2, 0) is 22.3 Å². The highest BCUT2D eigenvalue weighted by Crippen LogP contribution is 2.45. The van der Waals surface area contributed by atoms with Crippen molar-refractivity contribution in [2.24, 2.45) is 5.92 Å². The summed E-state index contributed by atoms with van der Waals surface area (Å²) in [4.78, 5) is 2.41. The van der Waals surface area contributed by atoms with E-state index < -0.39 is 6.29 Å². The minimum Gasteiger partial charge on any atom is -0.497 e. The normalized spacial score (nSPS) is 16.2. The molecular weight excluding hydrogens is 376 g/mol. The molecule has 0 aromatic heterocycles. The Bertz CT molecular complexity index is 967. The van der Waals surface area contributed by atoms with Crippen LogP contribution in [0.4, 0.5) is 5.69 Å². The van der Waals surface area contributed by atoms with E-state index in [1.54, 1.807) is 21.3 Å². The molecule has 1 heterocycles. The van der Waals surface area contributed by atoms with Gasteiger partial charge in [0.2, 0.25) is 0 Å². The molecule has 0 amide bonds. The number of fused-ring (bicyclic) bond motifs is 3. The van der Waals surface area contributed by atoms with Gasteiger partial charge in [0.15, 0.2) is 6.29 Å². The summed E-state index contributed by atoms with van der Waals surface area (Å²) in [5, 5.41) is 10.2. The Balaban J connectivity index is 1.94. The van der Waals surface area contributed by atoms with Crippen LogP contribution in [0, 0.1) is 17.2 Å². The van der Waals surface area contributed by atoms with Crippen molar-refractivity contribution in [3.05, 3.63) is 46.5 Å². The summed E-state index contributed by atoms with van der Waals surface area (Å²) >= 11 is 0. The maximum atomic E-state index is 10.2. The molecule has 4 rings (SSSR count). The van der Waals surface area contributed by atoms with Crippen molar-refractivity contribution in [2.75, 3.05) is 39.3 Å². The predicted octanol–water partition coefficient (Wildman–Crippen LogP) is 4.86. The average Bonchev–Trinajstić information content (AvgIpc) is 2.79. The van der Waals surface area contributed by atoms with Crippen molar-refractivity contribution in [1.29, 1.82) is 5.26 Å². The van der Waals surface area contributed by atoms with E-state index in [4.69, 9.17) is 14.2 Å². The molecule has 1 saturated heterocycles. The lowest BCUT2D eigenvalue weighted by atomic mass is 9.81. The highest BCUT2D eigenvalue weighted by atomic mass is 16.7. The number of anilines is 1. The third-order valence-corrected chi connectivity index (χ3v) is 6.58. The predicted molar refractivity (Wildman–Crippen MR) is 118 cm³/mol. The number of hydrogen-bond acceptors (Lipinski definition) is 5. The lowest BCUT2D eigenvalue weighted by Crippen LogP contribution is -2.35. The van der Waals surface area contributed by atoms with Crippen LogP contribution in [-0.4, -0.2) is 34.4 Å². The zero-order valence-electron chi connectivity index (χ0n) is 18.3. The van der Waals surface area contributed by atoms with E-state index in [0.717, 1.165) is 61.7 Å². The lowest BCUT2D eigenvalue weighted by Gasteiger charge is -2.37. The zero-order chi connectivity index (χ0) is 21.3. The molecule has 0 unspecified atom stereocenters. The fourth-order valence-electron chi connectivity index (χ4n) is 4.88. The molecule has 0 atom stereocenters. The fourth-order valence-corrected chi connectivity index (χ4v) is 4.88. The maximum absolute atomic E-state index is 10.2. The minimum absolute atomic E-state index is 0.573. The van der Waals surface area contributed by atoms with E-state index in [2.05, 4.69) is 36.1 Å². The van der Waals surface area contributed by atoms with Crippen LogP contribution in [0.2, 0.25) is 0 Å². The van der Waals surface area contributed by atoms with E-state index in [9.17, 15) is 5.26 Å². The summed E-state index contributed by atoms with van der Waals surface area (Å²) in [5.74, 6) is 1.60. The van der Waals surface area contributed by atoms with E-state index >= 15 is 0 Å². The summed E-state index contributed by atoms with van der Waals surface area (Å²) in [7, 11) is 4.94. The number of nitriles is 1. The number of rotatable bonds is 5. The van der Waals surface area contributed by atoms with Gasteiger partial charge in [0.05, 0.1) is 18.4 Å². The molecule has 0 saturated carbocycles. The quantitative estimate of drug-likeness (QED) is 0.664. The highest BCUT2D eigenvalue weighted by molar-refractivity contribution is 5.84. The standard InChI is InChI=1S/C25H30N2O3/c1-16-9-11-27(12-10-16)24-20-7-5-17-13-18(28-2)6-8-19(17)21(20)14-22(23(24)15-26)25(29-3)30-4/h6,8,13-14,16,25H,5,7,9-12H2,1-4H3. The van der Waals surface area contributed by atoms with Crippen LogP contribution in [0.15, 0.2) is 24.3 Å². The van der Waals surface area contributed by atoms with Gasteiger partial charge in [-0.1, -0.05) is 13.0 Å². The van der Waals surface area contributed by atoms with Gasteiger partial charge < -0.3 is 19.1 Å². The molecule has 30 heavy (non-hydrogen) atoms. The Morgan fingerprint density at radius 2 is 1.77 bits per heavy atom. The monoisotopic (exact) mass is 406 g/mol. The number of piperidine rings is 1. The Morgan fingerprint density at radius 1 is 1.03 bits per heavy atom. The molecule has 2 aromatic rings. The number of ether oxygens (including phenoxy) is 3. The Kier molecular flexibility index (Phi) is 5.99. The first-order chi connectivity index (χ1) is 14.6. The second-order valence-electron chi connectivity index (χ2n) is 8.32. The summed E-state index contributed by atoms with van der Waals surface area (Å²) in [5.41, 5.74) is 7.52. The average molecular weight is 407 g/mol. The third kappa shape index (κ3) is 3.55. The van der Waals surface area contributed by atoms with Crippen LogP contribution in [0.1, 0.15) is 48.3 Å². The molecular formula is C25H30N2O3. The van der Waals surface area contributed by atoms with E-state index in [1.165, 1.54) is 22.3 Å².